The van der Waals surface area contributed by atoms with E-state index >= 15 is 0 Å². The average molecular weight is 388 g/mol. The number of thioether (sulfide) groups is 1. The highest BCUT2D eigenvalue weighted by Gasteiger charge is 2.22. The first-order chi connectivity index (χ1) is 12.6. The first-order valence-corrected chi connectivity index (χ1v) is 9.01. The molecule has 1 aliphatic rings. The van der Waals surface area contributed by atoms with Crippen LogP contribution in [0.1, 0.15) is 16.1 Å². The number of ether oxygens (including phenoxy) is 1. The van der Waals surface area contributed by atoms with E-state index in [0.717, 1.165) is 5.56 Å². The van der Waals surface area contributed by atoms with Gasteiger partial charge in [0.15, 0.2) is 0 Å². The van der Waals surface area contributed by atoms with Crippen LogP contribution in [0.25, 0.3) is 17.4 Å². The lowest BCUT2D eigenvalue weighted by Crippen LogP contribution is -2.26. The van der Waals surface area contributed by atoms with Gasteiger partial charge in [-0.15, -0.1) is 0 Å². The van der Waals surface area contributed by atoms with Crippen LogP contribution in [0.15, 0.2) is 45.7 Å². The van der Waals surface area contributed by atoms with Crippen molar-refractivity contribution in [2.45, 2.75) is 0 Å². The standard InChI is InChI=1S/C18H16N2O4S2/c1-23-8-7-19-16(21)12-4-2-3-11(9-12)14-6-5-13(24-14)10-15-17(22)20-18(25)26-15/h2-6,9-10H,7-8H2,1H3,(H,19,21)(H,20,22,25)/b15-10+. The summed E-state index contributed by atoms with van der Waals surface area (Å²) in [5.74, 6) is 0.740. The summed E-state index contributed by atoms with van der Waals surface area (Å²) in [6, 6.07) is 10.7. The van der Waals surface area contributed by atoms with Crippen molar-refractivity contribution < 1.29 is 18.7 Å². The van der Waals surface area contributed by atoms with E-state index in [-0.39, 0.29) is 11.8 Å². The number of carbonyl (C=O) groups excluding carboxylic acids is 2. The SMILES string of the molecule is COCCNC(=O)c1cccc(-c2ccc(/C=C3/SC(=S)NC3=O)o2)c1. The molecule has 1 aliphatic heterocycles. The van der Waals surface area contributed by atoms with Crippen LogP contribution in [0.2, 0.25) is 0 Å². The predicted molar refractivity (Wildman–Crippen MR) is 105 cm³/mol. The predicted octanol–water partition coefficient (Wildman–Crippen LogP) is 2.81. The third-order valence-electron chi connectivity index (χ3n) is 3.54. The average Bonchev–Trinajstić information content (AvgIpc) is 3.22. The second-order valence-electron chi connectivity index (χ2n) is 5.38. The molecule has 0 bridgehead atoms. The van der Waals surface area contributed by atoms with Gasteiger partial charge in [0.25, 0.3) is 11.8 Å². The van der Waals surface area contributed by atoms with Crippen LogP contribution in [0.4, 0.5) is 0 Å². The number of nitrogens with one attached hydrogen (secondary N) is 2. The molecule has 1 aromatic heterocycles. The van der Waals surface area contributed by atoms with Gasteiger partial charge in [-0.25, -0.2) is 0 Å². The summed E-state index contributed by atoms with van der Waals surface area (Å²) in [7, 11) is 1.58. The molecular weight excluding hydrogens is 372 g/mol. The van der Waals surface area contributed by atoms with Gasteiger partial charge in [-0.1, -0.05) is 36.1 Å². The molecule has 1 saturated heterocycles. The number of benzene rings is 1. The van der Waals surface area contributed by atoms with Crippen LogP contribution < -0.4 is 10.6 Å². The largest absolute Gasteiger partial charge is 0.457 e. The molecule has 0 radical (unpaired) electrons. The maximum Gasteiger partial charge on any atom is 0.263 e. The molecule has 0 aliphatic carbocycles. The lowest BCUT2D eigenvalue weighted by molar-refractivity contribution is -0.115. The summed E-state index contributed by atoms with van der Waals surface area (Å²) >= 11 is 6.16. The van der Waals surface area contributed by atoms with Crippen LogP contribution in [-0.2, 0) is 9.53 Å². The zero-order chi connectivity index (χ0) is 18.5. The Balaban J connectivity index is 1.76. The fourth-order valence-electron chi connectivity index (χ4n) is 2.32. The Hall–Kier alpha value is -2.42. The van der Waals surface area contributed by atoms with Crippen molar-refractivity contribution in [2.75, 3.05) is 20.3 Å². The number of carbonyl (C=O) groups is 2. The Morgan fingerprint density at radius 1 is 1.38 bits per heavy atom. The van der Waals surface area contributed by atoms with E-state index in [0.29, 0.717) is 39.5 Å². The Bertz CT molecular complexity index is 889. The van der Waals surface area contributed by atoms with Gasteiger partial charge in [-0.3, -0.25) is 9.59 Å². The van der Waals surface area contributed by atoms with Crippen molar-refractivity contribution in [3.63, 3.8) is 0 Å². The van der Waals surface area contributed by atoms with Gasteiger partial charge < -0.3 is 19.8 Å². The number of hydrogen-bond donors (Lipinski definition) is 2. The second kappa shape index (κ2) is 8.31. The van der Waals surface area contributed by atoms with Gasteiger partial charge in [-0.05, 0) is 24.3 Å². The van der Waals surface area contributed by atoms with Gasteiger partial charge in [-0.2, -0.15) is 0 Å². The van der Waals surface area contributed by atoms with E-state index in [2.05, 4.69) is 10.6 Å². The third kappa shape index (κ3) is 4.40. The summed E-state index contributed by atoms with van der Waals surface area (Å²) in [5.41, 5.74) is 1.30. The summed E-state index contributed by atoms with van der Waals surface area (Å²) < 4.78 is 11.1. The first kappa shape index (κ1) is 18.4. The molecule has 26 heavy (non-hydrogen) atoms. The molecular formula is C18H16N2O4S2. The van der Waals surface area contributed by atoms with E-state index in [1.165, 1.54) is 11.8 Å². The monoisotopic (exact) mass is 388 g/mol. The minimum Gasteiger partial charge on any atom is -0.457 e. The lowest BCUT2D eigenvalue weighted by atomic mass is 10.1. The molecule has 3 rings (SSSR count). The van der Waals surface area contributed by atoms with Crippen LogP contribution >= 0.6 is 24.0 Å². The zero-order valence-electron chi connectivity index (χ0n) is 13.9. The minimum absolute atomic E-state index is 0.176. The molecule has 2 heterocycles. The van der Waals surface area contributed by atoms with E-state index in [1.54, 1.807) is 43.5 Å². The number of furan rings is 1. The molecule has 2 aromatic rings. The topological polar surface area (TPSA) is 80.6 Å². The smallest absolute Gasteiger partial charge is 0.263 e. The molecule has 134 valence electrons. The molecule has 2 amide bonds. The number of amides is 2. The number of rotatable bonds is 6. The highest BCUT2D eigenvalue weighted by molar-refractivity contribution is 8.26. The van der Waals surface area contributed by atoms with Gasteiger partial charge in [0, 0.05) is 30.9 Å². The summed E-state index contributed by atoms with van der Waals surface area (Å²) in [6.45, 7) is 0.899. The van der Waals surface area contributed by atoms with Gasteiger partial charge in [0.05, 0.1) is 11.5 Å². The van der Waals surface area contributed by atoms with Crippen molar-refractivity contribution in [2.24, 2.45) is 0 Å². The van der Waals surface area contributed by atoms with E-state index in [9.17, 15) is 9.59 Å². The van der Waals surface area contributed by atoms with Crippen molar-refractivity contribution in [3.8, 4) is 11.3 Å². The fourth-order valence-corrected chi connectivity index (χ4v) is 3.34. The number of methoxy groups -OCH3 is 1. The van der Waals surface area contributed by atoms with E-state index in [4.69, 9.17) is 21.4 Å². The zero-order valence-corrected chi connectivity index (χ0v) is 15.5. The molecule has 8 heteroatoms. The summed E-state index contributed by atoms with van der Waals surface area (Å²) in [5, 5.41) is 5.34. The summed E-state index contributed by atoms with van der Waals surface area (Å²) in [6.07, 6.45) is 1.64. The molecule has 2 N–H and O–H groups in total. The third-order valence-corrected chi connectivity index (χ3v) is 4.71. The van der Waals surface area contributed by atoms with Crippen molar-refractivity contribution in [1.82, 2.24) is 10.6 Å². The van der Waals surface area contributed by atoms with Gasteiger partial charge in [0.1, 0.15) is 15.8 Å². The van der Waals surface area contributed by atoms with E-state index in [1.807, 2.05) is 6.07 Å². The normalized spacial score (nSPS) is 15.3. The Morgan fingerprint density at radius 2 is 2.23 bits per heavy atom. The highest BCUT2D eigenvalue weighted by Crippen LogP contribution is 2.29. The Kier molecular flexibility index (Phi) is 5.87. The molecule has 0 spiro atoms. The number of hydrogen-bond acceptors (Lipinski definition) is 6. The van der Waals surface area contributed by atoms with Crippen LogP contribution in [0.5, 0.6) is 0 Å². The van der Waals surface area contributed by atoms with Crippen LogP contribution in [-0.4, -0.2) is 36.4 Å². The van der Waals surface area contributed by atoms with Gasteiger partial charge in [0.2, 0.25) is 0 Å². The molecule has 6 nitrogen and oxygen atoms in total. The van der Waals surface area contributed by atoms with Crippen molar-refractivity contribution >= 4 is 46.2 Å². The fraction of sp³-hybridized carbons (Fsp3) is 0.167. The molecule has 1 fully saturated rings. The number of thiocarbonyl (C=S) groups is 1. The lowest BCUT2D eigenvalue weighted by Gasteiger charge is -2.05. The molecule has 0 atom stereocenters. The van der Waals surface area contributed by atoms with Crippen molar-refractivity contribution in [3.05, 3.63) is 52.6 Å². The Morgan fingerprint density at radius 3 is 2.96 bits per heavy atom. The molecule has 0 saturated carbocycles. The first-order valence-electron chi connectivity index (χ1n) is 7.79. The van der Waals surface area contributed by atoms with Gasteiger partial charge >= 0.3 is 0 Å². The minimum atomic E-state index is -0.229. The molecule has 0 unspecified atom stereocenters. The van der Waals surface area contributed by atoms with Crippen LogP contribution in [0.3, 0.4) is 0 Å². The summed E-state index contributed by atoms with van der Waals surface area (Å²) in [4.78, 5) is 24.3. The van der Waals surface area contributed by atoms with E-state index < -0.39 is 0 Å². The quantitative estimate of drug-likeness (QED) is 0.450. The van der Waals surface area contributed by atoms with Crippen LogP contribution in [0, 0.1) is 0 Å². The maximum absolute atomic E-state index is 12.1. The second-order valence-corrected chi connectivity index (χ2v) is 7.10. The molecule has 1 aromatic carbocycles. The van der Waals surface area contributed by atoms with Crippen molar-refractivity contribution in [1.29, 1.82) is 0 Å². The Labute approximate surface area is 160 Å². The highest BCUT2D eigenvalue weighted by atomic mass is 32.2. The maximum atomic E-state index is 12.1.